The number of nitrogens with one attached hydrogen (secondary N) is 1. The maximum atomic E-state index is 12.3. The lowest BCUT2D eigenvalue weighted by Gasteiger charge is -2.21. The standard InChI is InChI=1S/C14H16N2O3/c1-10(16-12(17)7-8-13(16)18)14(19)15-9-11-5-3-2-4-6-11/h2-6,10H,7-9H2,1H3,(H,15,19)/i7D2,8D2,9D2. The zero-order chi connectivity index (χ0) is 19.2. The molecule has 1 aromatic carbocycles. The average Bonchev–Trinajstić information content (AvgIpc) is 2.65. The van der Waals surface area contributed by atoms with Crippen molar-refractivity contribution < 1.29 is 22.6 Å². The lowest BCUT2D eigenvalue weighted by Crippen LogP contribution is -2.47. The fourth-order valence-electron chi connectivity index (χ4n) is 1.55. The topological polar surface area (TPSA) is 66.5 Å². The molecule has 5 nitrogen and oxygen atoms in total. The first-order valence-corrected chi connectivity index (χ1v) is 5.59. The SMILES string of the molecule is [2H]C([2H])(NC(=O)C(C)N1C(=O)C([2H])([2H])C([2H])([2H])C1=O)c1ccccc1. The Kier molecular flexibility index (Phi) is 2.21. The Morgan fingerprint density at radius 3 is 2.53 bits per heavy atom. The van der Waals surface area contributed by atoms with Crippen molar-refractivity contribution in [3.05, 3.63) is 35.9 Å². The van der Waals surface area contributed by atoms with E-state index in [1.54, 1.807) is 18.2 Å². The molecular weight excluding hydrogens is 244 g/mol. The highest BCUT2D eigenvalue weighted by molar-refractivity contribution is 6.05. The molecule has 1 atom stereocenters. The minimum Gasteiger partial charge on any atom is -0.350 e. The van der Waals surface area contributed by atoms with Crippen molar-refractivity contribution in [3.8, 4) is 0 Å². The van der Waals surface area contributed by atoms with E-state index in [0.29, 0.717) is 0 Å². The van der Waals surface area contributed by atoms with E-state index < -0.39 is 43.0 Å². The van der Waals surface area contributed by atoms with Gasteiger partial charge in [0.15, 0.2) is 0 Å². The van der Waals surface area contributed by atoms with Crippen molar-refractivity contribution in [2.75, 3.05) is 0 Å². The predicted octanol–water partition coefficient (Wildman–Crippen LogP) is 0.840. The van der Waals surface area contributed by atoms with Gasteiger partial charge in [-0.25, -0.2) is 0 Å². The zero-order valence-electron chi connectivity index (χ0n) is 16.1. The first-order chi connectivity index (χ1) is 11.3. The third-order valence-corrected chi connectivity index (χ3v) is 2.58. The largest absolute Gasteiger partial charge is 0.350 e. The zero-order valence-corrected chi connectivity index (χ0v) is 10.1. The number of hydrogen-bond donors (Lipinski definition) is 1. The molecule has 1 aliphatic heterocycles. The minimum absolute atomic E-state index is 0.139. The van der Waals surface area contributed by atoms with E-state index in [0.717, 1.165) is 6.92 Å². The van der Waals surface area contributed by atoms with Crippen LogP contribution in [0.25, 0.3) is 0 Å². The molecule has 0 aliphatic carbocycles. The fourth-order valence-corrected chi connectivity index (χ4v) is 1.55. The van der Waals surface area contributed by atoms with Crippen molar-refractivity contribution in [3.63, 3.8) is 0 Å². The first kappa shape index (κ1) is 7.43. The van der Waals surface area contributed by atoms with Gasteiger partial charge in [-0.1, -0.05) is 30.3 Å². The summed E-state index contributed by atoms with van der Waals surface area (Å²) < 4.78 is 45.7. The average molecular weight is 266 g/mol. The minimum atomic E-state index is -3.10. The fraction of sp³-hybridized carbons (Fsp3) is 0.357. The Morgan fingerprint density at radius 1 is 1.37 bits per heavy atom. The van der Waals surface area contributed by atoms with Crippen LogP contribution in [-0.4, -0.2) is 28.7 Å². The molecule has 19 heavy (non-hydrogen) atoms. The number of amides is 3. The molecule has 0 aromatic heterocycles. The Labute approximate surface area is 120 Å². The summed E-state index contributed by atoms with van der Waals surface area (Å²) in [6.07, 6.45) is -6.20. The van der Waals surface area contributed by atoms with Gasteiger partial charge in [-0.15, -0.1) is 0 Å². The van der Waals surface area contributed by atoms with Crippen LogP contribution in [-0.2, 0) is 20.9 Å². The van der Waals surface area contributed by atoms with Gasteiger partial charge in [-0.05, 0) is 12.5 Å². The summed E-state index contributed by atoms with van der Waals surface area (Å²) in [5, 5.41) is 2.05. The quantitative estimate of drug-likeness (QED) is 0.821. The summed E-state index contributed by atoms with van der Waals surface area (Å²) in [5.41, 5.74) is 0.139. The van der Waals surface area contributed by atoms with E-state index in [1.807, 2.05) is 5.32 Å². The molecule has 1 unspecified atom stereocenters. The highest BCUT2D eigenvalue weighted by atomic mass is 16.2. The van der Waals surface area contributed by atoms with Gasteiger partial charge in [0.05, 0.1) is 2.74 Å². The number of likely N-dealkylation sites (tertiary alicyclic amines) is 1. The number of imide groups is 1. The van der Waals surface area contributed by atoms with Crippen LogP contribution in [0.4, 0.5) is 0 Å². The Morgan fingerprint density at radius 2 is 1.95 bits per heavy atom. The summed E-state index contributed by atoms with van der Waals surface area (Å²) in [6, 6.07) is 6.10. The molecule has 1 heterocycles. The van der Waals surface area contributed by atoms with Crippen molar-refractivity contribution in [1.82, 2.24) is 10.2 Å². The molecule has 100 valence electrons. The summed E-state index contributed by atoms with van der Waals surface area (Å²) in [7, 11) is 0. The summed E-state index contributed by atoms with van der Waals surface area (Å²) in [5.74, 6) is -3.99. The van der Waals surface area contributed by atoms with Gasteiger partial charge in [-0.2, -0.15) is 0 Å². The van der Waals surface area contributed by atoms with Gasteiger partial charge in [0.2, 0.25) is 17.7 Å². The smallest absolute Gasteiger partial charge is 0.243 e. The molecule has 1 N–H and O–H groups in total. The summed E-state index contributed by atoms with van der Waals surface area (Å²) in [6.45, 7) is -1.19. The number of carbonyl (C=O) groups is 3. The van der Waals surface area contributed by atoms with Gasteiger partial charge in [0.25, 0.3) is 0 Å². The molecule has 0 bridgehead atoms. The second-order valence-electron chi connectivity index (χ2n) is 3.89. The van der Waals surface area contributed by atoms with E-state index in [9.17, 15) is 14.4 Å². The number of hydrogen-bond acceptors (Lipinski definition) is 3. The molecular formula is C14H16N2O3. The summed E-state index contributed by atoms with van der Waals surface area (Å²) in [4.78, 5) is 36.6. The van der Waals surface area contributed by atoms with Crippen LogP contribution in [0.15, 0.2) is 30.3 Å². The molecule has 5 heteroatoms. The predicted molar refractivity (Wildman–Crippen MR) is 68.8 cm³/mol. The Bertz CT molecular complexity index is 697. The van der Waals surface area contributed by atoms with Crippen molar-refractivity contribution >= 4 is 17.7 Å². The third-order valence-electron chi connectivity index (χ3n) is 2.58. The number of carbonyl (C=O) groups excluding carboxylic acids is 3. The maximum absolute atomic E-state index is 12.3. The maximum Gasteiger partial charge on any atom is 0.243 e. The van der Waals surface area contributed by atoms with E-state index >= 15 is 0 Å². The molecule has 0 radical (unpaired) electrons. The molecule has 2 rings (SSSR count). The normalized spacial score (nSPS) is 27.3. The van der Waals surface area contributed by atoms with Crippen LogP contribution in [0, 0.1) is 0 Å². The summed E-state index contributed by atoms with van der Waals surface area (Å²) >= 11 is 0. The molecule has 1 aliphatic rings. The lowest BCUT2D eigenvalue weighted by atomic mass is 10.2. The number of benzene rings is 1. The Hall–Kier alpha value is -2.17. The Balaban J connectivity index is 2.24. The highest BCUT2D eigenvalue weighted by Gasteiger charge is 2.35. The van der Waals surface area contributed by atoms with Crippen LogP contribution in [0.5, 0.6) is 0 Å². The van der Waals surface area contributed by atoms with Crippen molar-refractivity contribution in [1.29, 1.82) is 0 Å². The number of nitrogens with zero attached hydrogens (tertiary/aromatic N) is 1. The van der Waals surface area contributed by atoms with Crippen LogP contribution >= 0.6 is 0 Å². The van der Waals surface area contributed by atoms with E-state index in [4.69, 9.17) is 8.22 Å². The second-order valence-corrected chi connectivity index (χ2v) is 3.89. The first-order valence-electron chi connectivity index (χ1n) is 8.59. The van der Waals surface area contributed by atoms with E-state index in [1.165, 1.54) is 12.1 Å². The van der Waals surface area contributed by atoms with Crippen molar-refractivity contribution in [2.24, 2.45) is 0 Å². The van der Waals surface area contributed by atoms with Crippen LogP contribution in [0.2, 0.25) is 0 Å². The molecule has 1 aromatic rings. The molecule has 0 saturated carbocycles. The molecule has 1 saturated heterocycles. The van der Waals surface area contributed by atoms with Gasteiger partial charge in [0.1, 0.15) is 6.04 Å². The molecule has 1 fully saturated rings. The van der Waals surface area contributed by atoms with Crippen molar-refractivity contribution in [2.45, 2.75) is 32.2 Å². The van der Waals surface area contributed by atoms with E-state index in [2.05, 4.69) is 0 Å². The van der Waals surface area contributed by atoms with Crippen LogP contribution in [0.1, 0.15) is 33.5 Å². The molecule has 3 amide bonds. The van der Waals surface area contributed by atoms with Gasteiger partial charge in [-0.3, -0.25) is 19.3 Å². The van der Waals surface area contributed by atoms with Crippen LogP contribution in [0.3, 0.4) is 0 Å². The highest BCUT2D eigenvalue weighted by Crippen LogP contribution is 2.15. The monoisotopic (exact) mass is 266 g/mol. The third kappa shape index (κ3) is 2.99. The van der Waals surface area contributed by atoms with Crippen LogP contribution < -0.4 is 5.32 Å². The van der Waals surface area contributed by atoms with E-state index in [-0.39, 0.29) is 10.5 Å². The molecule has 0 spiro atoms. The second kappa shape index (κ2) is 5.65. The van der Waals surface area contributed by atoms with Gasteiger partial charge in [0, 0.05) is 24.7 Å². The van der Waals surface area contributed by atoms with Gasteiger partial charge < -0.3 is 5.32 Å². The number of rotatable bonds is 4. The lowest BCUT2D eigenvalue weighted by molar-refractivity contribution is -0.146. The van der Waals surface area contributed by atoms with Gasteiger partial charge >= 0.3 is 0 Å².